The maximum atomic E-state index is 12.7. The van der Waals surface area contributed by atoms with E-state index in [1.807, 2.05) is 0 Å². The Hall–Kier alpha value is -1.23. The molecule has 0 radical (unpaired) electrons. The predicted octanol–water partition coefficient (Wildman–Crippen LogP) is 4.33. The number of phenolic OH excluding ortho intramolecular Hbond substituents is 1. The summed E-state index contributed by atoms with van der Waals surface area (Å²) in [7, 11) is 0. The number of hydrogen-bond donors (Lipinski definition) is 1. The van der Waals surface area contributed by atoms with Crippen LogP contribution >= 0.6 is 15.9 Å². The first-order chi connectivity index (χ1) is 7.39. The highest BCUT2D eigenvalue weighted by molar-refractivity contribution is 9.10. The minimum Gasteiger partial charge on any atom is -0.508 e. The Morgan fingerprint density at radius 3 is 2.44 bits per heavy atom. The molecular formula is C11H6BrF3O. The highest BCUT2D eigenvalue weighted by atomic mass is 79.9. The molecule has 2 aromatic rings. The zero-order chi connectivity index (χ0) is 11.9. The number of benzene rings is 2. The molecule has 5 heteroatoms. The van der Waals surface area contributed by atoms with E-state index in [-0.39, 0.29) is 15.6 Å². The number of hydrogen-bond acceptors (Lipinski definition) is 1. The van der Waals surface area contributed by atoms with E-state index in [1.54, 1.807) is 0 Å². The fourth-order valence-electron chi connectivity index (χ4n) is 1.60. The van der Waals surface area contributed by atoms with E-state index in [2.05, 4.69) is 15.9 Å². The molecular weight excluding hydrogens is 285 g/mol. The molecule has 0 amide bonds. The second-order valence-corrected chi connectivity index (χ2v) is 4.18. The summed E-state index contributed by atoms with van der Waals surface area (Å²) in [4.78, 5) is 0. The Morgan fingerprint density at radius 2 is 1.81 bits per heavy atom. The van der Waals surface area contributed by atoms with Gasteiger partial charge < -0.3 is 5.11 Å². The molecule has 1 N–H and O–H groups in total. The van der Waals surface area contributed by atoms with Crippen LogP contribution < -0.4 is 0 Å². The van der Waals surface area contributed by atoms with Crippen molar-refractivity contribution in [3.8, 4) is 5.75 Å². The zero-order valence-corrected chi connectivity index (χ0v) is 9.43. The molecule has 0 unspecified atom stereocenters. The van der Waals surface area contributed by atoms with Crippen molar-refractivity contribution in [2.24, 2.45) is 0 Å². The number of fused-ring (bicyclic) bond motifs is 1. The summed E-state index contributed by atoms with van der Waals surface area (Å²) < 4.78 is 38.4. The molecule has 0 saturated carbocycles. The maximum Gasteiger partial charge on any atom is 0.417 e. The smallest absolute Gasteiger partial charge is 0.417 e. The molecule has 84 valence electrons. The predicted molar refractivity (Wildman–Crippen MR) is 58.3 cm³/mol. The van der Waals surface area contributed by atoms with Crippen molar-refractivity contribution in [1.29, 1.82) is 0 Å². The van der Waals surface area contributed by atoms with Crippen molar-refractivity contribution in [3.05, 3.63) is 40.4 Å². The minimum absolute atomic E-state index is 0.0628. The molecule has 0 fully saturated rings. The molecule has 0 aromatic heterocycles. The van der Waals surface area contributed by atoms with Crippen LogP contribution in [0.3, 0.4) is 0 Å². The summed E-state index contributed by atoms with van der Waals surface area (Å²) in [6, 6.07) is 6.41. The Balaban J connectivity index is 2.87. The summed E-state index contributed by atoms with van der Waals surface area (Å²) in [5, 5.41) is 9.71. The summed E-state index contributed by atoms with van der Waals surface area (Å²) in [5.74, 6) is -0.0706. The van der Waals surface area contributed by atoms with Crippen LogP contribution in [0, 0.1) is 0 Å². The van der Waals surface area contributed by atoms with Gasteiger partial charge in [0.1, 0.15) is 5.75 Å². The Bertz CT molecular complexity index is 549. The van der Waals surface area contributed by atoms with E-state index in [0.29, 0.717) is 5.39 Å². The van der Waals surface area contributed by atoms with Crippen molar-refractivity contribution in [1.82, 2.24) is 0 Å². The van der Waals surface area contributed by atoms with Gasteiger partial charge in [0.15, 0.2) is 0 Å². The third-order valence-electron chi connectivity index (χ3n) is 2.22. The second kappa shape index (κ2) is 3.66. The van der Waals surface area contributed by atoms with E-state index in [1.165, 1.54) is 24.3 Å². The second-order valence-electron chi connectivity index (χ2n) is 3.33. The fraction of sp³-hybridized carbons (Fsp3) is 0.0909. The van der Waals surface area contributed by atoms with Crippen LogP contribution in [0.5, 0.6) is 5.75 Å². The van der Waals surface area contributed by atoms with Crippen molar-refractivity contribution in [2.45, 2.75) is 6.18 Å². The standard InChI is InChI=1S/C11H6BrF3O/c12-9-5-7(16)4-6-2-1-3-8(10(6)9)11(13,14)15/h1-5,16H. The Labute approximate surface area is 97.6 Å². The fourth-order valence-corrected chi connectivity index (χ4v) is 2.27. The van der Waals surface area contributed by atoms with Gasteiger partial charge in [-0.15, -0.1) is 0 Å². The molecule has 0 bridgehead atoms. The molecule has 2 rings (SSSR count). The van der Waals surface area contributed by atoms with Crippen LogP contribution in [0.15, 0.2) is 34.8 Å². The number of halogens is 4. The third kappa shape index (κ3) is 1.87. The quantitative estimate of drug-likeness (QED) is 0.766. The van der Waals surface area contributed by atoms with Gasteiger partial charge in [0.05, 0.1) is 5.56 Å². The number of aromatic hydroxyl groups is 1. The minimum atomic E-state index is -4.40. The van der Waals surface area contributed by atoms with E-state index in [4.69, 9.17) is 0 Å². The van der Waals surface area contributed by atoms with Gasteiger partial charge in [-0.05, 0) is 23.6 Å². The van der Waals surface area contributed by atoms with Crippen LogP contribution in [0.25, 0.3) is 10.8 Å². The van der Waals surface area contributed by atoms with Crippen LogP contribution in [0.4, 0.5) is 13.2 Å². The molecule has 0 aliphatic carbocycles. The topological polar surface area (TPSA) is 20.2 Å². The molecule has 0 saturated heterocycles. The summed E-state index contributed by atoms with van der Waals surface area (Å²) in [5.41, 5.74) is -0.711. The number of phenols is 1. The van der Waals surface area contributed by atoms with Gasteiger partial charge in [-0.3, -0.25) is 0 Å². The van der Waals surface area contributed by atoms with Gasteiger partial charge in [0, 0.05) is 9.86 Å². The summed E-state index contributed by atoms with van der Waals surface area (Å²) in [6.45, 7) is 0. The monoisotopic (exact) mass is 290 g/mol. The van der Waals surface area contributed by atoms with Gasteiger partial charge in [0.2, 0.25) is 0 Å². The van der Waals surface area contributed by atoms with Crippen molar-refractivity contribution < 1.29 is 18.3 Å². The first kappa shape index (κ1) is 11.3. The van der Waals surface area contributed by atoms with Crippen molar-refractivity contribution in [2.75, 3.05) is 0 Å². The van der Waals surface area contributed by atoms with Crippen molar-refractivity contribution in [3.63, 3.8) is 0 Å². The first-order valence-corrected chi connectivity index (χ1v) is 5.17. The van der Waals surface area contributed by atoms with Crippen LogP contribution in [-0.2, 0) is 6.18 Å². The molecule has 0 atom stereocenters. The van der Waals surface area contributed by atoms with Gasteiger partial charge in [-0.1, -0.05) is 28.1 Å². The molecule has 1 nitrogen and oxygen atoms in total. The van der Waals surface area contributed by atoms with Crippen LogP contribution in [0.2, 0.25) is 0 Å². The van der Waals surface area contributed by atoms with Crippen LogP contribution in [0.1, 0.15) is 5.56 Å². The van der Waals surface area contributed by atoms with Crippen LogP contribution in [-0.4, -0.2) is 5.11 Å². The highest BCUT2D eigenvalue weighted by Gasteiger charge is 2.33. The molecule has 0 aliphatic rings. The Kier molecular flexibility index (Phi) is 2.58. The zero-order valence-electron chi connectivity index (χ0n) is 7.85. The summed E-state index contributed by atoms with van der Waals surface area (Å²) in [6.07, 6.45) is -4.40. The number of rotatable bonds is 0. The molecule has 2 aromatic carbocycles. The van der Waals surface area contributed by atoms with E-state index in [9.17, 15) is 18.3 Å². The largest absolute Gasteiger partial charge is 0.508 e. The summed E-state index contributed by atoms with van der Waals surface area (Å²) >= 11 is 3.03. The van der Waals surface area contributed by atoms with Gasteiger partial charge in [-0.25, -0.2) is 0 Å². The lowest BCUT2D eigenvalue weighted by Gasteiger charge is -2.11. The van der Waals surface area contributed by atoms with E-state index in [0.717, 1.165) is 6.07 Å². The van der Waals surface area contributed by atoms with E-state index >= 15 is 0 Å². The number of alkyl halides is 3. The SMILES string of the molecule is Oc1cc(Br)c2c(C(F)(F)F)cccc2c1. The van der Waals surface area contributed by atoms with Gasteiger partial charge in [0.25, 0.3) is 0 Å². The van der Waals surface area contributed by atoms with Crippen molar-refractivity contribution >= 4 is 26.7 Å². The first-order valence-electron chi connectivity index (χ1n) is 4.38. The molecule has 0 spiro atoms. The third-order valence-corrected chi connectivity index (χ3v) is 2.84. The average Bonchev–Trinajstić information content (AvgIpc) is 2.14. The normalized spacial score (nSPS) is 12.0. The lowest BCUT2D eigenvalue weighted by Crippen LogP contribution is -2.05. The lowest BCUT2D eigenvalue weighted by atomic mass is 10.0. The highest BCUT2D eigenvalue weighted by Crippen LogP contribution is 2.39. The van der Waals surface area contributed by atoms with E-state index < -0.39 is 11.7 Å². The molecule has 0 aliphatic heterocycles. The Morgan fingerprint density at radius 1 is 1.12 bits per heavy atom. The molecule has 16 heavy (non-hydrogen) atoms. The average molecular weight is 291 g/mol. The lowest BCUT2D eigenvalue weighted by molar-refractivity contribution is -0.136. The van der Waals surface area contributed by atoms with Gasteiger partial charge in [-0.2, -0.15) is 13.2 Å². The molecule has 0 heterocycles. The maximum absolute atomic E-state index is 12.7. The van der Waals surface area contributed by atoms with Gasteiger partial charge >= 0.3 is 6.18 Å².